The van der Waals surface area contributed by atoms with Crippen LogP contribution in [0.25, 0.3) is 0 Å². The Hall–Kier alpha value is -6.40. The van der Waals surface area contributed by atoms with E-state index >= 15 is 0 Å². The predicted molar refractivity (Wildman–Crippen MR) is 299 cm³/mol. The van der Waals surface area contributed by atoms with Crippen molar-refractivity contribution in [1.82, 2.24) is 44.5 Å². The number of carbonyl (C=O) groups is 9. The molecule has 2 unspecified atom stereocenters. The fraction of sp³-hybridized carbons (Fsp3) is 0.607. The zero-order valence-corrected chi connectivity index (χ0v) is 48.5. The van der Waals surface area contributed by atoms with E-state index in [2.05, 4.69) is 10.2 Å². The monoisotopic (exact) mass is 1120 g/mol. The number of carboxylic acid groups (broad SMARTS) is 1. The molecule has 3 aliphatic rings. The summed E-state index contributed by atoms with van der Waals surface area (Å²) < 4.78 is 9.52. The molecule has 0 aromatic heterocycles. The van der Waals surface area contributed by atoms with E-state index in [0.29, 0.717) is 26.2 Å². The summed E-state index contributed by atoms with van der Waals surface area (Å²) in [7, 11) is 12.0. The molecule has 80 heavy (non-hydrogen) atoms. The number of nitrogens with zero attached hydrogens (tertiary/aromatic N) is 9. The van der Waals surface area contributed by atoms with E-state index in [-0.39, 0.29) is 130 Å². The first-order valence-electron chi connectivity index (χ1n) is 25.2. The number of aliphatic carboxylic acids is 1. The number of ether oxygens (including phenoxy) is 2. The number of nitriles is 1. The van der Waals surface area contributed by atoms with E-state index in [1.807, 2.05) is 93.3 Å². The number of rotatable bonds is 22. The molecule has 3 aliphatic heterocycles. The van der Waals surface area contributed by atoms with Crippen molar-refractivity contribution in [3.05, 3.63) is 71.8 Å². The maximum absolute atomic E-state index is 12.6. The van der Waals surface area contributed by atoms with Crippen molar-refractivity contribution >= 4 is 53.4 Å². The van der Waals surface area contributed by atoms with Crippen LogP contribution < -0.4 is 24.2 Å². The summed E-state index contributed by atoms with van der Waals surface area (Å²) in [6.45, 7) is 15.5. The second-order valence-corrected chi connectivity index (χ2v) is 20.1. The smallest absolute Gasteiger partial charge is 0.870 e. The minimum Gasteiger partial charge on any atom is -0.870 e. The number of amides is 6. The van der Waals surface area contributed by atoms with Crippen LogP contribution in [-0.2, 0) is 65.7 Å². The van der Waals surface area contributed by atoms with Gasteiger partial charge >= 0.3 is 36.8 Å². The van der Waals surface area contributed by atoms with Crippen LogP contribution in [0.5, 0.6) is 0 Å². The third-order valence-electron chi connectivity index (χ3n) is 12.9. The van der Waals surface area contributed by atoms with Crippen LogP contribution in [0.2, 0.25) is 0 Å². The SMILES string of the molecule is C.C.CC#N.CC(C)[C@@H](C(=O)O)N(C)C(=O)CN(C)C(=O)[C@@H]1CN1Cc1ccccc1.COC(=O)[C@H](C(C)C)N(C)C(=O)CN(C)C(=O)[C@@H]1CN1.COC(=O)[C@H](C(C)C)N(C)C(=O)CN(C)C(=O)[C@@H]1CN1Cc1ccccc1.[Li+].[OH-]. The predicted octanol–water partition coefficient (Wildman–Crippen LogP) is -0.416. The maximum atomic E-state index is 12.6. The van der Waals surface area contributed by atoms with Crippen molar-refractivity contribution in [3.63, 3.8) is 0 Å². The summed E-state index contributed by atoms with van der Waals surface area (Å²) in [4.78, 5) is 121. The van der Waals surface area contributed by atoms with Crippen LogP contribution in [0.1, 0.15) is 74.4 Å². The third-order valence-corrected chi connectivity index (χ3v) is 12.9. The molecule has 0 saturated carbocycles. The molecule has 3 heterocycles. The van der Waals surface area contributed by atoms with E-state index in [9.17, 15) is 48.3 Å². The first kappa shape index (κ1) is 77.8. The van der Waals surface area contributed by atoms with Gasteiger partial charge in [-0.3, -0.25) is 38.6 Å². The molecule has 5 rings (SSSR count). The standard InChI is InChI=1S/C20H29N3O4.C19H27N3O4.C13H23N3O4.C2H3N.2CH4.Li.H2O/c1-14(2)18(20(26)27-5)22(4)17(24)13-21(3)19(25)16-12-23(16)11-15-9-7-6-8-10-15;1-13(2)17(19(25)26)21(4)16(23)12-20(3)18(24)15-11-22(15)10-14-8-6-5-7-9-14;1-8(2)11(13(19)20-5)16(4)10(17)7-15(3)12(18)9-6-14-9;1-2-3;;;;/h6-10,14,16,18H,11-13H2,1-5H3;5-9,13,15,17H,10-12H2,1-4H3,(H,25,26);8-9,11,14H,6-7H2,1-5H3;1H3;2*1H4;;1H2/q;;;;;;+1;/p-1/t16-,18-,23?;15-,17-,22?;9-,11-;;;;;/m000...../s1. The van der Waals surface area contributed by atoms with Crippen LogP contribution in [0.3, 0.4) is 0 Å². The number of hydrogen-bond acceptors (Lipinski definition) is 16. The van der Waals surface area contributed by atoms with Gasteiger partial charge in [0.1, 0.15) is 30.2 Å². The van der Waals surface area contributed by atoms with E-state index in [1.54, 1.807) is 55.2 Å². The fourth-order valence-electron chi connectivity index (χ4n) is 8.35. The topological polar surface area (TPSA) is 294 Å². The second-order valence-electron chi connectivity index (χ2n) is 20.1. The molecular formula is C56H91LiN10O13. The van der Waals surface area contributed by atoms with E-state index in [1.165, 1.54) is 57.6 Å². The van der Waals surface area contributed by atoms with Gasteiger partial charge < -0.3 is 54.8 Å². The third kappa shape index (κ3) is 24.5. The Morgan fingerprint density at radius 3 is 1.11 bits per heavy atom. The van der Waals surface area contributed by atoms with E-state index in [0.717, 1.165) is 17.7 Å². The van der Waals surface area contributed by atoms with Gasteiger partial charge in [0.15, 0.2) is 0 Å². The molecule has 0 spiro atoms. The van der Waals surface area contributed by atoms with E-state index in [4.69, 9.17) is 14.7 Å². The molecule has 0 aliphatic carbocycles. The van der Waals surface area contributed by atoms with Crippen LogP contribution in [-0.4, -0.2) is 235 Å². The Morgan fingerprint density at radius 2 is 0.863 bits per heavy atom. The zero-order chi connectivity index (χ0) is 57.7. The van der Waals surface area contributed by atoms with Crippen LogP contribution >= 0.6 is 0 Å². The van der Waals surface area contributed by atoms with Gasteiger partial charge in [0, 0.05) is 81.9 Å². The number of likely N-dealkylation sites (N-methyl/N-ethyl adjacent to an activating group) is 6. The van der Waals surface area contributed by atoms with Gasteiger partial charge in [0.25, 0.3) is 0 Å². The van der Waals surface area contributed by atoms with Gasteiger partial charge in [-0.25, -0.2) is 14.4 Å². The van der Waals surface area contributed by atoms with Crippen molar-refractivity contribution in [1.29, 1.82) is 5.26 Å². The molecule has 8 atom stereocenters. The van der Waals surface area contributed by atoms with Gasteiger partial charge in [-0.15, -0.1) is 0 Å². The molecule has 24 heteroatoms. The van der Waals surface area contributed by atoms with Crippen LogP contribution in [0.4, 0.5) is 0 Å². The molecule has 3 N–H and O–H groups in total. The summed E-state index contributed by atoms with van der Waals surface area (Å²) in [6.07, 6.45) is 0. The molecule has 444 valence electrons. The van der Waals surface area contributed by atoms with Crippen molar-refractivity contribution < 1.29 is 82.1 Å². The summed E-state index contributed by atoms with van der Waals surface area (Å²) in [5, 5.41) is 19.5. The second kappa shape index (κ2) is 37.5. The molecule has 3 saturated heterocycles. The van der Waals surface area contributed by atoms with Crippen molar-refractivity contribution in [2.24, 2.45) is 17.8 Å². The van der Waals surface area contributed by atoms with Crippen molar-refractivity contribution in [2.75, 3.05) is 95.8 Å². The Kier molecular flexibility index (Phi) is 36.5. The molecule has 6 amide bonds. The average Bonchev–Trinajstić information content (AvgIpc) is 4.26. The molecular weight excluding hydrogens is 1030 g/mol. The number of hydrogen-bond donors (Lipinski definition) is 2. The number of methoxy groups -OCH3 is 2. The summed E-state index contributed by atoms with van der Waals surface area (Å²) in [5.41, 5.74) is 2.30. The average molecular weight is 1120 g/mol. The van der Waals surface area contributed by atoms with Gasteiger partial charge in [0.2, 0.25) is 35.4 Å². The Morgan fingerprint density at radius 1 is 0.588 bits per heavy atom. The number of nitrogens with one attached hydrogen (secondary N) is 1. The van der Waals surface area contributed by atoms with Gasteiger partial charge in [-0.05, 0) is 28.9 Å². The number of carbonyl (C=O) groups excluding carboxylic acids is 8. The molecule has 0 bridgehead atoms. The fourth-order valence-corrected chi connectivity index (χ4v) is 8.35. The summed E-state index contributed by atoms with van der Waals surface area (Å²) in [5.74, 6) is -3.56. The van der Waals surface area contributed by atoms with Gasteiger partial charge in [0.05, 0.1) is 46.0 Å². The summed E-state index contributed by atoms with van der Waals surface area (Å²) in [6, 6.07) is 18.8. The Bertz CT molecular complexity index is 2320. The quantitative estimate of drug-likeness (QED) is 0.0860. The van der Waals surface area contributed by atoms with E-state index < -0.39 is 36.0 Å². The van der Waals surface area contributed by atoms with Gasteiger partial charge in [-0.1, -0.05) is 117 Å². The maximum Gasteiger partial charge on any atom is 1.00 e. The molecule has 0 radical (unpaired) electrons. The minimum absolute atomic E-state index is 0. The van der Waals surface area contributed by atoms with Gasteiger partial charge in [-0.2, -0.15) is 5.26 Å². The Labute approximate surface area is 487 Å². The number of benzene rings is 2. The zero-order valence-electron chi connectivity index (χ0n) is 48.5. The largest absolute Gasteiger partial charge is 1.00 e. The minimum atomic E-state index is -1.04. The number of esters is 2. The first-order valence-corrected chi connectivity index (χ1v) is 25.2. The summed E-state index contributed by atoms with van der Waals surface area (Å²) >= 11 is 0. The Balaban J connectivity index is -0.00000107. The van der Waals surface area contributed by atoms with Crippen LogP contribution in [0, 0.1) is 29.1 Å². The molecule has 23 nitrogen and oxygen atoms in total. The van der Waals surface area contributed by atoms with Crippen molar-refractivity contribution in [3.8, 4) is 6.07 Å². The first-order chi connectivity index (χ1) is 35.7. The van der Waals surface area contributed by atoms with Crippen LogP contribution in [0.15, 0.2) is 60.7 Å². The normalized spacial score (nSPS) is 17.6. The molecule has 2 aromatic rings. The molecule has 2 aromatic carbocycles. The molecule has 3 fully saturated rings. The van der Waals surface area contributed by atoms with Crippen molar-refractivity contribution in [2.45, 2.75) is 113 Å². The number of carboxylic acids is 1.